The molecule has 280 valence electrons. The average Bonchev–Trinajstić information content (AvgIpc) is 3.91. The van der Waals surface area contributed by atoms with Crippen LogP contribution in [0.1, 0.15) is 79.3 Å². The summed E-state index contributed by atoms with van der Waals surface area (Å²) in [7, 11) is -1.72. The van der Waals surface area contributed by atoms with E-state index in [1.165, 1.54) is 17.5 Å². The second kappa shape index (κ2) is 14.7. The van der Waals surface area contributed by atoms with Gasteiger partial charge < -0.3 is 23.8 Å². The van der Waals surface area contributed by atoms with Gasteiger partial charge in [-0.25, -0.2) is 4.21 Å². The van der Waals surface area contributed by atoms with Crippen molar-refractivity contribution in [3.63, 3.8) is 0 Å². The van der Waals surface area contributed by atoms with Crippen LogP contribution in [0, 0.1) is 23.7 Å². The minimum atomic E-state index is -3.50. The Morgan fingerprint density at radius 2 is 1.98 bits per heavy atom. The fourth-order valence-electron chi connectivity index (χ4n) is 9.33. The van der Waals surface area contributed by atoms with Gasteiger partial charge in [-0.05, 0) is 116 Å². The third-order valence-electron chi connectivity index (χ3n) is 12.2. The number of hydrogen-bond acceptors (Lipinski definition) is 8. The molecule has 2 bridgehead atoms. The number of rotatable bonds is 5. The van der Waals surface area contributed by atoms with Crippen LogP contribution in [0.25, 0.3) is 0 Å². The maximum Gasteiger partial charge on any atom is 0.286 e. The van der Waals surface area contributed by atoms with Crippen LogP contribution in [0.2, 0.25) is 5.02 Å². The molecule has 1 unspecified atom stereocenters. The molecule has 10 nitrogen and oxygen atoms in total. The molecule has 2 saturated carbocycles. The molecule has 8 atom stereocenters. The number of benzene rings is 2. The summed E-state index contributed by atoms with van der Waals surface area (Å²) in [5.41, 5.74) is 3.56. The number of anilines is 1. The van der Waals surface area contributed by atoms with Crippen molar-refractivity contribution in [3.8, 4) is 5.75 Å². The predicted molar refractivity (Wildman–Crippen MR) is 200 cm³/mol. The molecule has 3 heterocycles. The Bertz CT molecular complexity index is 1860. The minimum Gasteiger partial charge on any atom is -0.490 e. The minimum absolute atomic E-state index is 0.0179. The van der Waals surface area contributed by atoms with E-state index in [9.17, 15) is 13.8 Å². The van der Waals surface area contributed by atoms with Crippen LogP contribution in [0.15, 0.2) is 52.9 Å². The quantitative estimate of drug-likeness (QED) is 0.347. The largest absolute Gasteiger partial charge is 0.490 e. The number of methoxy groups -OCH3 is 1. The van der Waals surface area contributed by atoms with Crippen molar-refractivity contribution in [2.45, 2.75) is 75.4 Å². The Kier molecular flexibility index (Phi) is 10.2. The zero-order valence-corrected chi connectivity index (χ0v) is 31.7. The van der Waals surface area contributed by atoms with E-state index in [4.69, 9.17) is 30.5 Å². The summed E-state index contributed by atoms with van der Waals surface area (Å²) >= 11 is 6.54. The summed E-state index contributed by atoms with van der Waals surface area (Å²) in [6, 6.07) is 11.8. The molecule has 12 heteroatoms. The highest BCUT2D eigenvalue weighted by molar-refractivity contribution is 7.92. The van der Waals surface area contributed by atoms with Crippen LogP contribution in [0.4, 0.5) is 5.69 Å². The number of carbonyl (C=O) groups excluding carboxylic acids is 2. The summed E-state index contributed by atoms with van der Waals surface area (Å²) in [4.78, 5) is 29.6. The van der Waals surface area contributed by atoms with E-state index in [-0.39, 0.29) is 35.9 Å². The van der Waals surface area contributed by atoms with Gasteiger partial charge in [-0.3, -0.25) is 14.3 Å². The maximum absolute atomic E-state index is 14.5. The van der Waals surface area contributed by atoms with Crippen molar-refractivity contribution < 1.29 is 32.7 Å². The van der Waals surface area contributed by atoms with Crippen molar-refractivity contribution in [2.24, 2.45) is 28.0 Å². The number of halogens is 1. The number of fused-ring (bicyclic) bond motifs is 6. The molecule has 1 saturated heterocycles. The fourth-order valence-corrected chi connectivity index (χ4v) is 11.4. The van der Waals surface area contributed by atoms with Gasteiger partial charge in [0.05, 0.1) is 30.3 Å². The number of amides is 2. The molecule has 3 fully saturated rings. The van der Waals surface area contributed by atoms with Crippen molar-refractivity contribution >= 4 is 39.0 Å². The number of hydrogen-bond donors (Lipinski definition) is 1. The molecule has 8 rings (SSSR count). The van der Waals surface area contributed by atoms with E-state index < -0.39 is 21.7 Å². The monoisotopic (exact) mass is 751 g/mol. The zero-order valence-electron chi connectivity index (χ0n) is 30.1. The summed E-state index contributed by atoms with van der Waals surface area (Å²) in [5.74, 6) is 1.31. The van der Waals surface area contributed by atoms with Crippen LogP contribution in [0.5, 0.6) is 5.75 Å². The molecule has 52 heavy (non-hydrogen) atoms. The molecule has 0 radical (unpaired) electrons. The van der Waals surface area contributed by atoms with Gasteiger partial charge in [-0.1, -0.05) is 36.7 Å². The van der Waals surface area contributed by atoms with E-state index in [1.54, 1.807) is 13.2 Å². The first-order valence-corrected chi connectivity index (χ1v) is 21.0. The van der Waals surface area contributed by atoms with Crippen LogP contribution in [0.3, 0.4) is 0 Å². The Morgan fingerprint density at radius 3 is 2.77 bits per heavy atom. The summed E-state index contributed by atoms with van der Waals surface area (Å²) in [6.45, 7) is 4.91. The molecule has 3 aliphatic carbocycles. The highest BCUT2D eigenvalue weighted by atomic mass is 35.5. The molecule has 6 aliphatic rings. The van der Waals surface area contributed by atoms with E-state index in [1.807, 2.05) is 25.1 Å². The molecular formula is C40H50ClN3O7S. The average molecular weight is 752 g/mol. The molecule has 1 N–H and O–H groups in total. The molecule has 1 spiro atoms. The van der Waals surface area contributed by atoms with Gasteiger partial charge in [0.15, 0.2) is 0 Å². The Balaban J connectivity index is 1.15. The first kappa shape index (κ1) is 36.0. The van der Waals surface area contributed by atoms with E-state index in [0.29, 0.717) is 68.3 Å². The van der Waals surface area contributed by atoms with Crippen LogP contribution < -0.4 is 14.4 Å². The van der Waals surface area contributed by atoms with Gasteiger partial charge in [0.25, 0.3) is 11.8 Å². The van der Waals surface area contributed by atoms with E-state index in [2.05, 4.69) is 38.3 Å². The maximum atomic E-state index is 14.5. The number of allylic oxidation sites excluding steroid dienone is 1. The number of nitrogens with zero attached hydrogens (tertiary/aromatic N) is 2. The van der Waals surface area contributed by atoms with Crippen LogP contribution in [-0.4, -0.2) is 80.6 Å². The fraction of sp³-hybridized carbons (Fsp3) is 0.600. The third-order valence-corrected chi connectivity index (χ3v) is 14.5. The molecule has 2 aromatic rings. The lowest BCUT2D eigenvalue weighted by atomic mass is 9.68. The number of ether oxygens (including phenoxy) is 4. The number of carbonyl (C=O) groups is 2. The van der Waals surface area contributed by atoms with Crippen LogP contribution in [-0.2, 0) is 34.3 Å². The highest BCUT2D eigenvalue weighted by Crippen LogP contribution is 2.61. The lowest BCUT2D eigenvalue weighted by Crippen LogP contribution is -2.49. The first-order valence-electron chi connectivity index (χ1n) is 18.9. The predicted octanol–water partition coefficient (Wildman–Crippen LogP) is 6.46. The second-order valence-electron chi connectivity index (χ2n) is 16.0. The second-order valence-corrected chi connectivity index (χ2v) is 18.4. The third kappa shape index (κ3) is 7.40. The van der Waals surface area contributed by atoms with Crippen molar-refractivity contribution in [1.29, 1.82) is 0 Å². The summed E-state index contributed by atoms with van der Waals surface area (Å²) in [6.07, 6.45) is 10.4. The molecule has 2 amide bonds. The van der Waals surface area contributed by atoms with Crippen molar-refractivity contribution in [3.05, 3.63) is 70.3 Å². The summed E-state index contributed by atoms with van der Waals surface area (Å²) in [5, 5.41) is 0.765. The van der Waals surface area contributed by atoms with Gasteiger partial charge >= 0.3 is 0 Å². The summed E-state index contributed by atoms with van der Waals surface area (Å²) < 4.78 is 45.3. The Hall–Kier alpha value is -2.96. The Labute approximate surface area is 312 Å². The zero-order chi connectivity index (χ0) is 36.0. The van der Waals surface area contributed by atoms with Gasteiger partial charge in [0.2, 0.25) is 0 Å². The van der Waals surface area contributed by atoms with Gasteiger partial charge in [0, 0.05) is 49.4 Å². The molecule has 0 aromatic heterocycles. The first-order chi connectivity index (χ1) is 25.1. The van der Waals surface area contributed by atoms with Crippen molar-refractivity contribution in [1.82, 2.24) is 4.72 Å². The van der Waals surface area contributed by atoms with E-state index >= 15 is 0 Å². The lowest BCUT2D eigenvalue weighted by Gasteiger charge is -2.46. The van der Waals surface area contributed by atoms with E-state index in [0.717, 1.165) is 48.8 Å². The lowest BCUT2D eigenvalue weighted by molar-refractivity contribution is -0.128. The standard InChI is InChI=1S/C40H50ClN3O7S/c1-25-4-3-5-36(48-2)31-9-6-27(31)20-44-23-40(19-28-16-32(28)33-18-29(41)8-10-34(33)40)24-51-37-11-7-26(17-35(37)44)39(46)43-52(47,22-25)42-38(45)21-50-30-12-14-49-15-13-30/h3,5,7-8,10-11,17-18,25,27-28,30-32,36H,4,6,9,12-16,19-24H2,1-2H3,(H,42,43,45,46,47)/b5-3+/t25-,27-,28-,31+,32-,36-,40-,52?/m0/s1. The van der Waals surface area contributed by atoms with Gasteiger partial charge in [-0.2, -0.15) is 0 Å². The van der Waals surface area contributed by atoms with Crippen molar-refractivity contribution in [2.75, 3.05) is 57.3 Å². The SMILES string of the molecule is CO[C@H]1/C=C/C[C@H](C)CS(=O)(NC(=O)COC2CCOCC2)=NC(=O)c2ccc3c(c2)N(C[C@@H]2CC[C@H]21)C[C@]1(CO3)C[C@@H]2C[C@@H]2c2cc(Cl)ccc21. The highest BCUT2D eigenvalue weighted by Gasteiger charge is 2.54. The molecule has 2 aromatic carbocycles. The molecular weight excluding hydrogens is 702 g/mol. The molecule has 3 aliphatic heterocycles. The Morgan fingerprint density at radius 1 is 1.13 bits per heavy atom. The van der Waals surface area contributed by atoms with Crippen LogP contribution >= 0.6 is 11.6 Å². The van der Waals surface area contributed by atoms with Gasteiger partial charge in [-0.15, -0.1) is 4.36 Å². The normalized spacial score (nSPS) is 35.1. The van der Waals surface area contributed by atoms with Gasteiger partial charge in [0.1, 0.15) is 22.3 Å². The smallest absolute Gasteiger partial charge is 0.286 e. The topological polar surface area (TPSA) is 116 Å². The number of nitrogens with one attached hydrogen (secondary N) is 1.